The van der Waals surface area contributed by atoms with Gasteiger partial charge in [0.2, 0.25) is 0 Å². The van der Waals surface area contributed by atoms with Gasteiger partial charge in [-0.05, 0) is 30.7 Å². The van der Waals surface area contributed by atoms with Crippen molar-refractivity contribution in [1.29, 1.82) is 0 Å². The summed E-state index contributed by atoms with van der Waals surface area (Å²) in [5, 5.41) is 2.72. The number of carbonyl (C=O) groups excluding carboxylic acids is 2. The Labute approximate surface area is 160 Å². The number of anilines is 1. The van der Waals surface area contributed by atoms with Crippen molar-refractivity contribution in [2.45, 2.75) is 13.0 Å². The van der Waals surface area contributed by atoms with Gasteiger partial charge in [-0.1, -0.05) is 48.5 Å². The van der Waals surface area contributed by atoms with Crippen molar-refractivity contribution in [1.82, 2.24) is 0 Å². The van der Waals surface area contributed by atoms with Crippen LogP contribution in [0.25, 0.3) is 11.1 Å². The van der Waals surface area contributed by atoms with E-state index in [1.807, 2.05) is 42.5 Å². The molecule has 0 radical (unpaired) electrons. The molecular weight excluding hydrogens is 364 g/mol. The molecule has 0 spiro atoms. The fraction of sp³-hybridized carbons (Fsp3) is 0.0909. The number of hydrogen-bond donors (Lipinski definition) is 1. The number of benzene rings is 3. The summed E-state index contributed by atoms with van der Waals surface area (Å²) in [4.78, 5) is 24.5. The van der Waals surface area contributed by atoms with Crippen molar-refractivity contribution in [3.8, 4) is 11.1 Å². The van der Waals surface area contributed by atoms with E-state index < -0.39 is 35.2 Å². The third-order valence-corrected chi connectivity index (χ3v) is 4.07. The molecule has 142 valence electrons. The average Bonchev–Trinajstić information content (AvgIpc) is 2.69. The molecule has 1 amide bonds. The number of ether oxygens (including phenoxy) is 1. The zero-order chi connectivity index (χ0) is 20.1. The Bertz CT molecular complexity index is 1010. The van der Waals surface area contributed by atoms with E-state index >= 15 is 0 Å². The van der Waals surface area contributed by atoms with Gasteiger partial charge in [-0.3, -0.25) is 4.79 Å². The van der Waals surface area contributed by atoms with Crippen LogP contribution in [0.1, 0.15) is 17.3 Å². The maximum atomic E-state index is 13.7. The highest BCUT2D eigenvalue weighted by atomic mass is 19.1. The minimum Gasteiger partial charge on any atom is -0.449 e. The molecular formula is C22H17F2NO3. The van der Waals surface area contributed by atoms with Crippen molar-refractivity contribution in [2.24, 2.45) is 0 Å². The molecule has 0 bridgehead atoms. The fourth-order valence-corrected chi connectivity index (χ4v) is 2.63. The zero-order valence-corrected chi connectivity index (χ0v) is 15.0. The molecule has 0 saturated heterocycles. The van der Waals surface area contributed by atoms with E-state index in [9.17, 15) is 18.4 Å². The third-order valence-electron chi connectivity index (χ3n) is 4.07. The lowest BCUT2D eigenvalue weighted by Crippen LogP contribution is -2.30. The Balaban J connectivity index is 1.72. The van der Waals surface area contributed by atoms with E-state index in [-0.39, 0.29) is 0 Å². The van der Waals surface area contributed by atoms with Gasteiger partial charge in [-0.2, -0.15) is 0 Å². The number of halogens is 2. The molecule has 0 aliphatic rings. The second-order valence-corrected chi connectivity index (χ2v) is 6.07. The van der Waals surface area contributed by atoms with Crippen LogP contribution in [0, 0.1) is 11.6 Å². The van der Waals surface area contributed by atoms with Crippen LogP contribution in [-0.4, -0.2) is 18.0 Å². The van der Waals surface area contributed by atoms with Crippen LogP contribution < -0.4 is 5.32 Å². The zero-order valence-electron chi connectivity index (χ0n) is 15.0. The minimum absolute atomic E-state index is 0.439. The summed E-state index contributed by atoms with van der Waals surface area (Å²) in [7, 11) is 0. The Morgan fingerprint density at radius 1 is 0.929 bits per heavy atom. The summed E-state index contributed by atoms with van der Waals surface area (Å²) in [6, 6.07) is 19.2. The van der Waals surface area contributed by atoms with Gasteiger partial charge in [0.1, 0.15) is 11.6 Å². The van der Waals surface area contributed by atoms with Crippen LogP contribution in [0.3, 0.4) is 0 Å². The number of amides is 1. The highest BCUT2D eigenvalue weighted by molar-refractivity contribution is 6.00. The van der Waals surface area contributed by atoms with Gasteiger partial charge < -0.3 is 10.1 Å². The summed E-state index contributed by atoms with van der Waals surface area (Å²) in [5.74, 6) is -3.47. The van der Waals surface area contributed by atoms with Gasteiger partial charge in [-0.25, -0.2) is 13.6 Å². The maximum Gasteiger partial charge on any atom is 0.341 e. The third kappa shape index (κ3) is 4.40. The quantitative estimate of drug-likeness (QED) is 0.645. The summed E-state index contributed by atoms with van der Waals surface area (Å²) in [5.41, 5.74) is 1.83. The molecule has 3 aromatic carbocycles. The van der Waals surface area contributed by atoms with Crippen molar-refractivity contribution in [3.63, 3.8) is 0 Å². The highest BCUT2D eigenvalue weighted by Crippen LogP contribution is 2.27. The molecule has 1 atom stereocenters. The lowest BCUT2D eigenvalue weighted by molar-refractivity contribution is -0.123. The van der Waals surface area contributed by atoms with Gasteiger partial charge in [-0.15, -0.1) is 0 Å². The van der Waals surface area contributed by atoms with Gasteiger partial charge in [0, 0.05) is 17.3 Å². The maximum absolute atomic E-state index is 13.7. The van der Waals surface area contributed by atoms with Gasteiger partial charge in [0.15, 0.2) is 6.10 Å². The van der Waals surface area contributed by atoms with Crippen LogP contribution in [-0.2, 0) is 9.53 Å². The lowest BCUT2D eigenvalue weighted by Gasteiger charge is -2.16. The molecule has 0 heterocycles. The van der Waals surface area contributed by atoms with Crippen LogP contribution in [0.4, 0.5) is 14.5 Å². The van der Waals surface area contributed by atoms with E-state index in [4.69, 9.17) is 4.74 Å². The molecule has 0 aliphatic carbocycles. The summed E-state index contributed by atoms with van der Waals surface area (Å²) in [6.45, 7) is 1.37. The Morgan fingerprint density at radius 3 is 2.32 bits per heavy atom. The van der Waals surface area contributed by atoms with E-state index in [2.05, 4.69) is 5.32 Å². The first-order valence-corrected chi connectivity index (χ1v) is 8.57. The topological polar surface area (TPSA) is 55.4 Å². The van der Waals surface area contributed by atoms with Crippen molar-refractivity contribution in [2.75, 3.05) is 5.32 Å². The van der Waals surface area contributed by atoms with Crippen LogP contribution >= 0.6 is 0 Å². The molecule has 28 heavy (non-hydrogen) atoms. The van der Waals surface area contributed by atoms with E-state index in [0.717, 1.165) is 23.3 Å². The molecule has 0 aromatic heterocycles. The number of para-hydroxylation sites is 1. The van der Waals surface area contributed by atoms with Gasteiger partial charge >= 0.3 is 5.97 Å². The van der Waals surface area contributed by atoms with E-state index in [1.165, 1.54) is 6.92 Å². The number of rotatable bonds is 5. The SMILES string of the molecule is C[C@@H](OC(=O)c1ccc(F)cc1F)C(=O)Nc1ccccc1-c1ccccc1. The fourth-order valence-electron chi connectivity index (χ4n) is 2.63. The summed E-state index contributed by atoms with van der Waals surface area (Å²) in [6.07, 6.45) is -1.18. The van der Waals surface area contributed by atoms with Gasteiger partial charge in [0.05, 0.1) is 5.56 Å². The number of esters is 1. The largest absolute Gasteiger partial charge is 0.449 e. The minimum atomic E-state index is -1.18. The first kappa shape index (κ1) is 19.2. The van der Waals surface area contributed by atoms with Crippen molar-refractivity contribution < 1.29 is 23.1 Å². The first-order chi connectivity index (χ1) is 13.5. The first-order valence-electron chi connectivity index (χ1n) is 8.57. The van der Waals surface area contributed by atoms with Gasteiger partial charge in [0.25, 0.3) is 5.91 Å². The monoisotopic (exact) mass is 381 g/mol. The Kier molecular flexibility index (Phi) is 5.79. The van der Waals surface area contributed by atoms with E-state index in [1.54, 1.807) is 12.1 Å². The number of hydrogen-bond acceptors (Lipinski definition) is 3. The average molecular weight is 381 g/mol. The lowest BCUT2D eigenvalue weighted by atomic mass is 10.0. The molecule has 4 nitrogen and oxygen atoms in total. The summed E-state index contributed by atoms with van der Waals surface area (Å²) >= 11 is 0. The number of nitrogens with one attached hydrogen (secondary N) is 1. The molecule has 1 N–H and O–H groups in total. The van der Waals surface area contributed by atoms with Crippen LogP contribution in [0.15, 0.2) is 72.8 Å². The second kappa shape index (κ2) is 8.43. The Hall–Kier alpha value is -3.54. The van der Waals surface area contributed by atoms with E-state index in [0.29, 0.717) is 11.8 Å². The smallest absolute Gasteiger partial charge is 0.341 e. The molecule has 3 rings (SSSR count). The number of carbonyl (C=O) groups is 2. The molecule has 0 saturated carbocycles. The second-order valence-electron chi connectivity index (χ2n) is 6.07. The highest BCUT2D eigenvalue weighted by Gasteiger charge is 2.22. The molecule has 0 aliphatic heterocycles. The predicted molar refractivity (Wildman–Crippen MR) is 102 cm³/mol. The molecule has 6 heteroatoms. The molecule has 0 fully saturated rings. The van der Waals surface area contributed by atoms with Crippen molar-refractivity contribution >= 4 is 17.6 Å². The molecule has 3 aromatic rings. The summed E-state index contributed by atoms with van der Waals surface area (Å²) < 4.78 is 31.7. The molecule has 0 unspecified atom stereocenters. The Morgan fingerprint density at radius 2 is 1.61 bits per heavy atom. The normalized spacial score (nSPS) is 11.5. The predicted octanol–water partition coefficient (Wildman–Crippen LogP) is 4.82. The van der Waals surface area contributed by atoms with Crippen LogP contribution in [0.2, 0.25) is 0 Å². The van der Waals surface area contributed by atoms with Crippen LogP contribution in [0.5, 0.6) is 0 Å². The standard InChI is InChI=1S/C22H17F2NO3/c1-14(28-22(27)18-12-11-16(23)13-19(18)24)21(26)25-20-10-6-5-9-17(20)15-7-3-2-4-8-15/h2-14H,1H3,(H,25,26)/t14-/m1/s1. The van der Waals surface area contributed by atoms with Crippen molar-refractivity contribution in [3.05, 3.63) is 90.0 Å².